The van der Waals surface area contributed by atoms with Crippen molar-refractivity contribution in [1.29, 1.82) is 0 Å². The van der Waals surface area contributed by atoms with E-state index in [4.69, 9.17) is 23.7 Å². The van der Waals surface area contributed by atoms with Crippen LogP contribution in [0.4, 0.5) is 0 Å². The summed E-state index contributed by atoms with van der Waals surface area (Å²) in [6.07, 6.45) is 0.168. The number of nitro groups is 1. The lowest BCUT2D eigenvalue weighted by molar-refractivity contribution is -0.479. The van der Waals surface area contributed by atoms with Crippen molar-refractivity contribution in [2.75, 3.05) is 35.0 Å². The second kappa shape index (κ2) is 9.88. The zero-order chi connectivity index (χ0) is 22.4. The monoisotopic (exact) mass is 427 g/mol. The molecule has 0 aliphatic carbocycles. The summed E-state index contributed by atoms with van der Waals surface area (Å²) in [7, 11) is 6.14. The van der Waals surface area contributed by atoms with E-state index in [1.54, 1.807) is 13.2 Å². The van der Waals surface area contributed by atoms with Crippen molar-refractivity contribution < 1.29 is 28.6 Å². The summed E-state index contributed by atoms with van der Waals surface area (Å²) in [5.74, 6) is 2.29. The van der Waals surface area contributed by atoms with Gasteiger partial charge in [-0.2, -0.15) is 0 Å². The molecule has 0 N–H and O–H groups in total. The smallest absolute Gasteiger partial charge is 0.208 e. The second-order valence-electron chi connectivity index (χ2n) is 6.72. The first-order valence-corrected chi connectivity index (χ1v) is 9.65. The normalized spacial score (nSPS) is 10.6. The zero-order valence-electron chi connectivity index (χ0n) is 18.0. The minimum atomic E-state index is -0.358. The number of ether oxygens (including phenoxy) is 5. The highest BCUT2D eigenvalue weighted by atomic mass is 16.6. The van der Waals surface area contributed by atoms with Gasteiger partial charge in [0.1, 0.15) is 12.4 Å². The van der Waals surface area contributed by atoms with Gasteiger partial charge in [0.2, 0.25) is 6.54 Å². The molecule has 8 nitrogen and oxygen atoms in total. The molecule has 0 bridgehead atoms. The van der Waals surface area contributed by atoms with E-state index in [1.807, 2.05) is 36.4 Å². The van der Waals surface area contributed by atoms with Gasteiger partial charge in [-0.05, 0) is 11.6 Å². The lowest BCUT2D eigenvalue weighted by Gasteiger charge is -2.21. The molecule has 0 aliphatic rings. The molecular weight excluding hydrogens is 402 g/mol. The van der Waals surface area contributed by atoms with Crippen molar-refractivity contribution in [3.05, 3.63) is 63.7 Å². The number of hydrogen-bond acceptors (Lipinski definition) is 7. The highest BCUT2D eigenvalue weighted by Gasteiger charge is 2.25. The topological polar surface area (TPSA) is 89.3 Å². The van der Waals surface area contributed by atoms with Crippen molar-refractivity contribution in [3.8, 4) is 28.7 Å². The van der Waals surface area contributed by atoms with Gasteiger partial charge in [-0.1, -0.05) is 30.3 Å². The molecule has 0 fully saturated rings. The first-order valence-electron chi connectivity index (χ1n) is 9.65. The SMILES string of the molecule is COc1cc(OC)c2cc(CC[N+](=O)[O-])c(OCc3ccccc3)c(OC)c2c1OC. The van der Waals surface area contributed by atoms with Gasteiger partial charge in [-0.25, -0.2) is 0 Å². The molecule has 31 heavy (non-hydrogen) atoms. The van der Waals surface area contributed by atoms with E-state index in [0.29, 0.717) is 45.1 Å². The van der Waals surface area contributed by atoms with Gasteiger partial charge in [-0.15, -0.1) is 0 Å². The molecule has 0 saturated heterocycles. The summed E-state index contributed by atoms with van der Waals surface area (Å²) >= 11 is 0. The van der Waals surface area contributed by atoms with E-state index in [0.717, 1.165) is 5.56 Å². The van der Waals surface area contributed by atoms with Gasteiger partial charge in [0.25, 0.3) is 0 Å². The van der Waals surface area contributed by atoms with Crippen LogP contribution in [0.3, 0.4) is 0 Å². The largest absolute Gasteiger partial charge is 0.496 e. The lowest BCUT2D eigenvalue weighted by Crippen LogP contribution is -2.08. The van der Waals surface area contributed by atoms with Gasteiger partial charge >= 0.3 is 0 Å². The third kappa shape index (κ3) is 4.58. The van der Waals surface area contributed by atoms with Crippen LogP contribution in [0.25, 0.3) is 10.8 Å². The molecule has 0 radical (unpaired) electrons. The molecule has 0 aliphatic heterocycles. The van der Waals surface area contributed by atoms with Gasteiger partial charge in [-0.3, -0.25) is 10.1 Å². The highest BCUT2D eigenvalue weighted by molar-refractivity contribution is 6.02. The molecular formula is C23H25NO7. The Labute approximate surface area is 180 Å². The third-order valence-corrected chi connectivity index (χ3v) is 4.93. The van der Waals surface area contributed by atoms with Crippen molar-refractivity contribution in [2.24, 2.45) is 0 Å². The Hall–Kier alpha value is -3.68. The Balaban J connectivity index is 2.25. The lowest BCUT2D eigenvalue weighted by atomic mass is 10.00. The Morgan fingerprint density at radius 2 is 1.52 bits per heavy atom. The quantitative estimate of drug-likeness (QED) is 0.352. The van der Waals surface area contributed by atoms with Crippen molar-refractivity contribution in [1.82, 2.24) is 0 Å². The van der Waals surface area contributed by atoms with Crippen LogP contribution in [0.2, 0.25) is 0 Å². The van der Waals surface area contributed by atoms with E-state index < -0.39 is 0 Å². The average Bonchev–Trinajstić information content (AvgIpc) is 2.80. The summed E-state index contributed by atoms with van der Waals surface area (Å²) in [6, 6.07) is 13.2. The maximum atomic E-state index is 11.1. The molecule has 0 unspecified atom stereocenters. The first-order chi connectivity index (χ1) is 15.0. The van der Waals surface area contributed by atoms with Crippen LogP contribution in [0.1, 0.15) is 11.1 Å². The molecule has 0 atom stereocenters. The van der Waals surface area contributed by atoms with E-state index in [2.05, 4.69) is 0 Å². The molecule has 0 aromatic heterocycles. The third-order valence-electron chi connectivity index (χ3n) is 4.93. The second-order valence-corrected chi connectivity index (χ2v) is 6.72. The van der Waals surface area contributed by atoms with Gasteiger partial charge in [0, 0.05) is 28.4 Å². The molecule has 8 heteroatoms. The maximum absolute atomic E-state index is 11.1. The highest BCUT2D eigenvalue weighted by Crippen LogP contribution is 2.50. The number of rotatable bonds is 10. The van der Waals surface area contributed by atoms with E-state index >= 15 is 0 Å². The molecule has 0 saturated carbocycles. The number of nitrogens with zero attached hydrogens (tertiary/aromatic N) is 1. The molecule has 0 heterocycles. The number of fused-ring (bicyclic) bond motifs is 1. The van der Waals surface area contributed by atoms with Crippen LogP contribution < -0.4 is 23.7 Å². The van der Waals surface area contributed by atoms with E-state index in [-0.39, 0.29) is 24.5 Å². The predicted octanol–water partition coefficient (Wildman–Crippen LogP) is 4.27. The van der Waals surface area contributed by atoms with E-state index in [9.17, 15) is 10.1 Å². The minimum absolute atomic E-state index is 0.168. The number of benzene rings is 3. The molecule has 0 spiro atoms. The molecule has 3 aromatic carbocycles. The van der Waals surface area contributed by atoms with Crippen LogP contribution in [0, 0.1) is 10.1 Å². The molecule has 164 valence electrons. The Morgan fingerprint density at radius 3 is 2.10 bits per heavy atom. The van der Waals surface area contributed by atoms with E-state index in [1.165, 1.54) is 21.3 Å². The zero-order valence-corrected chi connectivity index (χ0v) is 18.0. The number of hydrogen-bond donors (Lipinski definition) is 0. The summed E-state index contributed by atoms with van der Waals surface area (Å²) in [5, 5.41) is 12.3. The Morgan fingerprint density at radius 1 is 0.839 bits per heavy atom. The maximum Gasteiger partial charge on any atom is 0.208 e. The van der Waals surface area contributed by atoms with Crippen LogP contribution in [-0.2, 0) is 13.0 Å². The molecule has 3 aromatic rings. The van der Waals surface area contributed by atoms with Crippen LogP contribution >= 0.6 is 0 Å². The fraction of sp³-hybridized carbons (Fsp3) is 0.304. The van der Waals surface area contributed by atoms with Crippen LogP contribution in [0.5, 0.6) is 28.7 Å². The summed E-state index contributed by atoms with van der Waals surface area (Å²) in [4.78, 5) is 10.7. The summed E-state index contributed by atoms with van der Waals surface area (Å²) in [5.41, 5.74) is 1.60. The standard InChI is InChI=1S/C23H25NO7/c1-27-18-13-19(28-2)22(29-3)20-17(18)12-16(10-11-24(25)26)21(23(20)30-4)31-14-15-8-6-5-7-9-15/h5-9,12-13H,10-11,14H2,1-4H3. The Bertz CT molecular complexity index is 1070. The van der Waals surface area contributed by atoms with Crippen molar-refractivity contribution >= 4 is 10.8 Å². The minimum Gasteiger partial charge on any atom is -0.496 e. The molecule has 3 rings (SSSR count). The average molecular weight is 427 g/mol. The summed E-state index contributed by atoms with van der Waals surface area (Å²) in [6.45, 7) is 0.0313. The van der Waals surface area contributed by atoms with Gasteiger partial charge in [0.15, 0.2) is 23.0 Å². The Kier molecular flexibility index (Phi) is 7.02. The fourth-order valence-electron chi connectivity index (χ4n) is 3.50. The number of methoxy groups -OCH3 is 4. The van der Waals surface area contributed by atoms with Crippen LogP contribution in [0.15, 0.2) is 42.5 Å². The fourth-order valence-corrected chi connectivity index (χ4v) is 3.50. The van der Waals surface area contributed by atoms with Crippen LogP contribution in [-0.4, -0.2) is 39.9 Å². The van der Waals surface area contributed by atoms with Gasteiger partial charge < -0.3 is 23.7 Å². The van der Waals surface area contributed by atoms with Crippen molar-refractivity contribution in [3.63, 3.8) is 0 Å². The first kappa shape index (κ1) is 22.0. The van der Waals surface area contributed by atoms with Crippen molar-refractivity contribution in [2.45, 2.75) is 13.0 Å². The van der Waals surface area contributed by atoms with Gasteiger partial charge in [0.05, 0.1) is 33.8 Å². The summed E-state index contributed by atoms with van der Waals surface area (Å²) < 4.78 is 28.5. The molecule has 0 amide bonds. The predicted molar refractivity (Wildman–Crippen MR) is 116 cm³/mol.